The molecule has 3 N–H and O–H groups in total. The van der Waals surface area contributed by atoms with Crippen LogP contribution in [0.1, 0.15) is 16.8 Å². The zero-order valence-electron chi connectivity index (χ0n) is 15.5. The van der Waals surface area contributed by atoms with Gasteiger partial charge in [0.2, 0.25) is 0 Å². The lowest BCUT2D eigenvalue weighted by molar-refractivity contribution is -0.123. The van der Waals surface area contributed by atoms with Crippen LogP contribution in [0.5, 0.6) is 5.75 Å². The predicted molar refractivity (Wildman–Crippen MR) is 106 cm³/mol. The van der Waals surface area contributed by atoms with E-state index in [-0.39, 0.29) is 36.3 Å². The molecular formula is C20H21ClFN3O4. The van der Waals surface area contributed by atoms with Crippen LogP contribution >= 0.6 is 11.6 Å². The van der Waals surface area contributed by atoms with E-state index < -0.39 is 23.9 Å². The number of pyridine rings is 1. The quantitative estimate of drug-likeness (QED) is 0.510. The van der Waals surface area contributed by atoms with Crippen LogP contribution in [0.25, 0.3) is 0 Å². The number of amides is 2. The fourth-order valence-corrected chi connectivity index (χ4v) is 2.49. The number of hydrogen-bond donors (Lipinski definition) is 3. The molecule has 0 bridgehead atoms. The number of aliphatic hydroxyl groups is 1. The third-order valence-electron chi connectivity index (χ3n) is 3.86. The maximum absolute atomic E-state index is 13.4. The average Bonchev–Trinajstić information content (AvgIpc) is 2.73. The number of aliphatic hydroxyl groups excluding tert-OH is 1. The van der Waals surface area contributed by atoms with E-state index in [9.17, 15) is 19.1 Å². The SMILES string of the molecule is C=CC(CC(O)CNC(=O)c1ccncc1)NC(=O)COc1ccc(Cl)c(F)c1. The number of nitrogens with one attached hydrogen (secondary N) is 2. The molecule has 2 aromatic rings. The summed E-state index contributed by atoms with van der Waals surface area (Å²) in [5.41, 5.74) is 0.427. The van der Waals surface area contributed by atoms with Crippen LogP contribution in [0, 0.1) is 5.82 Å². The van der Waals surface area contributed by atoms with E-state index >= 15 is 0 Å². The molecule has 0 radical (unpaired) electrons. The van der Waals surface area contributed by atoms with Gasteiger partial charge in [0.15, 0.2) is 6.61 Å². The van der Waals surface area contributed by atoms with Crippen LogP contribution in [-0.4, -0.2) is 47.2 Å². The third-order valence-corrected chi connectivity index (χ3v) is 4.17. The maximum atomic E-state index is 13.4. The number of benzene rings is 1. The summed E-state index contributed by atoms with van der Waals surface area (Å²) in [4.78, 5) is 27.8. The first kappa shape index (κ1) is 22.3. The summed E-state index contributed by atoms with van der Waals surface area (Å²) in [5, 5.41) is 15.3. The summed E-state index contributed by atoms with van der Waals surface area (Å²) in [6.07, 6.45) is 3.69. The molecule has 154 valence electrons. The Bertz CT molecular complexity index is 851. The molecule has 2 amide bonds. The normalized spacial score (nSPS) is 12.5. The van der Waals surface area contributed by atoms with Gasteiger partial charge < -0.3 is 20.5 Å². The van der Waals surface area contributed by atoms with Crippen molar-refractivity contribution in [3.8, 4) is 5.75 Å². The molecule has 1 heterocycles. The van der Waals surface area contributed by atoms with Crippen molar-refractivity contribution >= 4 is 23.4 Å². The number of ether oxygens (including phenoxy) is 1. The summed E-state index contributed by atoms with van der Waals surface area (Å²) >= 11 is 5.59. The van der Waals surface area contributed by atoms with Crippen LogP contribution in [-0.2, 0) is 4.79 Å². The summed E-state index contributed by atoms with van der Waals surface area (Å²) in [7, 11) is 0. The molecule has 0 saturated carbocycles. The molecule has 7 nitrogen and oxygen atoms in total. The van der Waals surface area contributed by atoms with Gasteiger partial charge in [-0.1, -0.05) is 17.7 Å². The van der Waals surface area contributed by atoms with Crippen molar-refractivity contribution in [3.05, 3.63) is 71.8 Å². The molecule has 0 spiro atoms. The highest BCUT2D eigenvalue weighted by atomic mass is 35.5. The second-order valence-corrected chi connectivity index (χ2v) is 6.52. The molecule has 2 unspecified atom stereocenters. The van der Waals surface area contributed by atoms with E-state index in [1.165, 1.54) is 30.6 Å². The van der Waals surface area contributed by atoms with Crippen LogP contribution < -0.4 is 15.4 Å². The molecular weight excluding hydrogens is 401 g/mol. The molecule has 2 atom stereocenters. The van der Waals surface area contributed by atoms with Crippen molar-refractivity contribution in [2.45, 2.75) is 18.6 Å². The number of carbonyl (C=O) groups is 2. The van der Waals surface area contributed by atoms with Gasteiger partial charge in [0, 0.05) is 36.6 Å². The van der Waals surface area contributed by atoms with E-state index in [1.54, 1.807) is 12.1 Å². The number of aromatic nitrogens is 1. The monoisotopic (exact) mass is 421 g/mol. The molecule has 2 rings (SSSR count). The van der Waals surface area contributed by atoms with Gasteiger partial charge in [-0.05, 0) is 30.7 Å². The van der Waals surface area contributed by atoms with Gasteiger partial charge in [-0.15, -0.1) is 6.58 Å². The first-order valence-corrected chi connectivity index (χ1v) is 9.13. The summed E-state index contributed by atoms with van der Waals surface area (Å²) in [6, 6.07) is 6.42. The molecule has 9 heteroatoms. The zero-order valence-corrected chi connectivity index (χ0v) is 16.2. The highest BCUT2D eigenvalue weighted by molar-refractivity contribution is 6.30. The van der Waals surface area contributed by atoms with Gasteiger partial charge >= 0.3 is 0 Å². The standard InChI is InChI=1S/C20H21ClFN3O4/c1-2-14(9-15(26)11-24-20(28)13-5-7-23-8-6-13)25-19(27)12-29-16-3-4-17(21)18(22)10-16/h2-8,10,14-15,26H,1,9,11-12H2,(H,24,28)(H,25,27). The Balaban J connectivity index is 1.75. The highest BCUT2D eigenvalue weighted by Gasteiger charge is 2.16. The molecule has 0 saturated heterocycles. The fourth-order valence-electron chi connectivity index (χ4n) is 2.37. The molecule has 0 aliphatic carbocycles. The lowest BCUT2D eigenvalue weighted by Gasteiger charge is -2.19. The predicted octanol–water partition coefficient (Wildman–Crippen LogP) is 2.10. The van der Waals surface area contributed by atoms with Crippen molar-refractivity contribution in [1.29, 1.82) is 0 Å². The Morgan fingerprint density at radius 1 is 1.31 bits per heavy atom. The maximum Gasteiger partial charge on any atom is 0.258 e. The highest BCUT2D eigenvalue weighted by Crippen LogP contribution is 2.20. The largest absolute Gasteiger partial charge is 0.484 e. The van der Waals surface area contributed by atoms with Gasteiger partial charge in [-0.2, -0.15) is 0 Å². The van der Waals surface area contributed by atoms with Crippen LogP contribution in [0.4, 0.5) is 4.39 Å². The lowest BCUT2D eigenvalue weighted by atomic mass is 10.1. The van der Waals surface area contributed by atoms with E-state index in [1.807, 2.05) is 0 Å². The first-order valence-electron chi connectivity index (χ1n) is 8.75. The van der Waals surface area contributed by atoms with Crippen LogP contribution in [0.3, 0.4) is 0 Å². The molecule has 29 heavy (non-hydrogen) atoms. The minimum absolute atomic E-state index is 0.00190. The number of nitrogens with zero attached hydrogens (tertiary/aromatic N) is 1. The minimum atomic E-state index is -0.907. The van der Waals surface area contributed by atoms with Gasteiger partial charge in [0.25, 0.3) is 11.8 Å². The van der Waals surface area contributed by atoms with Crippen molar-refractivity contribution in [3.63, 3.8) is 0 Å². The Kier molecular flexibility index (Phi) is 8.57. The van der Waals surface area contributed by atoms with E-state index in [0.29, 0.717) is 5.56 Å². The Morgan fingerprint density at radius 3 is 2.69 bits per heavy atom. The third kappa shape index (κ3) is 7.52. The Labute approximate surface area is 172 Å². The van der Waals surface area contributed by atoms with Crippen molar-refractivity contribution in [2.75, 3.05) is 13.2 Å². The molecule has 1 aromatic carbocycles. The van der Waals surface area contributed by atoms with Gasteiger partial charge in [0.1, 0.15) is 11.6 Å². The van der Waals surface area contributed by atoms with Gasteiger partial charge in [0.05, 0.1) is 11.1 Å². The van der Waals surface area contributed by atoms with Gasteiger partial charge in [-0.3, -0.25) is 14.6 Å². The molecule has 0 aliphatic heterocycles. The van der Waals surface area contributed by atoms with E-state index in [0.717, 1.165) is 6.07 Å². The molecule has 0 fully saturated rings. The number of carbonyl (C=O) groups excluding carboxylic acids is 2. The first-order chi connectivity index (χ1) is 13.9. The summed E-state index contributed by atoms with van der Waals surface area (Å²) < 4.78 is 18.6. The number of halogens is 2. The number of hydrogen-bond acceptors (Lipinski definition) is 5. The minimum Gasteiger partial charge on any atom is -0.484 e. The summed E-state index contributed by atoms with van der Waals surface area (Å²) in [5.74, 6) is -1.30. The Morgan fingerprint density at radius 2 is 2.03 bits per heavy atom. The van der Waals surface area contributed by atoms with E-state index in [4.69, 9.17) is 16.3 Å². The van der Waals surface area contributed by atoms with Crippen molar-refractivity contribution in [2.24, 2.45) is 0 Å². The smallest absolute Gasteiger partial charge is 0.258 e. The van der Waals surface area contributed by atoms with Gasteiger partial charge in [-0.25, -0.2) is 4.39 Å². The molecule has 1 aromatic heterocycles. The lowest BCUT2D eigenvalue weighted by Crippen LogP contribution is -2.41. The second kappa shape index (κ2) is 11.1. The molecule has 0 aliphatic rings. The number of rotatable bonds is 10. The topological polar surface area (TPSA) is 101 Å². The second-order valence-electron chi connectivity index (χ2n) is 6.11. The fraction of sp³-hybridized carbons (Fsp3) is 0.250. The average molecular weight is 422 g/mol. The van der Waals surface area contributed by atoms with Crippen LogP contribution in [0.2, 0.25) is 5.02 Å². The van der Waals surface area contributed by atoms with E-state index in [2.05, 4.69) is 22.2 Å². The summed E-state index contributed by atoms with van der Waals surface area (Å²) in [6.45, 7) is 3.28. The zero-order chi connectivity index (χ0) is 21.2. The Hall–Kier alpha value is -2.97. The van der Waals surface area contributed by atoms with Crippen molar-refractivity contribution in [1.82, 2.24) is 15.6 Å². The van der Waals surface area contributed by atoms with Crippen molar-refractivity contribution < 1.29 is 23.8 Å². The van der Waals surface area contributed by atoms with Crippen LogP contribution in [0.15, 0.2) is 55.4 Å².